The SMILES string of the molecule is CCc1ccccc1OCc1ccc(O)c(COc2ccccc2CC)c1COc1ccccc1CC. The lowest BCUT2D eigenvalue weighted by Crippen LogP contribution is -2.11. The second kappa shape index (κ2) is 12.9. The van der Waals surface area contributed by atoms with Crippen molar-refractivity contribution in [3.05, 3.63) is 118 Å². The predicted octanol–water partition coefficient (Wildman–Crippen LogP) is 7.82. The first-order valence-corrected chi connectivity index (χ1v) is 13.1. The molecule has 4 aromatic carbocycles. The molecule has 0 saturated carbocycles. The molecule has 4 rings (SSSR count). The second-order valence-electron chi connectivity index (χ2n) is 8.95. The van der Waals surface area contributed by atoms with Crippen LogP contribution in [0.5, 0.6) is 23.0 Å². The summed E-state index contributed by atoms with van der Waals surface area (Å²) >= 11 is 0. The normalized spacial score (nSPS) is 10.8. The molecule has 0 aliphatic heterocycles. The van der Waals surface area contributed by atoms with Gasteiger partial charge in [0.15, 0.2) is 0 Å². The van der Waals surface area contributed by atoms with E-state index in [0.717, 1.165) is 64.3 Å². The molecule has 0 saturated heterocycles. The molecule has 192 valence electrons. The Labute approximate surface area is 220 Å². The maximum Gasteiger partial charge on any atom is 0.122 e. The second-order valence-corrected chi connectivity index (χ2v) is 8.95. The minimum atomic E-state index is 0.189. The van der Waals surface area contributed by atoms with E-state index in [1.807, 2.05) is 60.7 Å². The van der Waals surface area contributed by atoms with Crippen LogP contribution >= 0.6 is 0 Å². The third-order valence-corrected chi connectivity index (χ3v) is 6.69. The van der Waals surface area contributed by atoms with Crippen LogP contribution in [0.25, 0.3) is 0 Å². The number of aromatic hydroxyl groups is 1. The van der Waals surface area contributed by atoms with Crippen molar-refractivity contribution in [3.8, 4) is 23.0 Å². The highest BCUT2D eigenvalue weighted by Gasteiger charge is 2.17. The maximum absolute atomic E-state index is 10.9. The van der Waals surface area contributed by atoms with E-state index in [1.54, 1.807) is 6.07 Å². The third kappa shape index (κ3) is 6.45. The van der Waals surface area contributed by atoms with Gasteiger partial charge in [-0.3, -0.25) is 0 Å². The van der Waals surface area contributed by atoms with Gasteiger partial charge in [-0.15, -0.1) is 0 Å². The number of phenols is 1. The highest BCUT2D eigenvalue weighted by Crippen LogP contribution is 2.31. The number of phenolic OH excluding ortho intramolecular Hbond substituents is 1. The quantitative estimate of drug-likeness (QED) is 0.217. The van der Waals surface area contributed by atoms with Crippen LogP contribution in [0, 0.1) is 0 Å². The van der Waals surface area contributed by atoms with Gasteiger partial charge in [0.2, 0.25) is 0 Å². The average Bonchev–Trinajstić information content (AvgIpc) is 2.95. The Hall–Kier alpha value is -3.92. The van der Waals surface area contributed by atoms with Crippen LogP contribution in [0.15, 0.2) is 84.9 Å². The number of aryl methyl sites for hydroxylation is 3. The van der Waals surface area contributed by atoms with Gasteiger partial charge in [0.05, 0.1) is 0 Å². The van der Waals surface area contributed by atoms with Crippen molar-refractivity contribution in [2.75, 3.05) is 0 Å². The maximum atomic E-state index is 10.9. The molecule has 0 fully saturated rings. The van der Waals surface area contributed by atoms with Crippen molar-refractivity contribution in [1.82, 2.24) is 0 Å². The fraction of sp³-hybridized carbons (Fsp3) is 0.273. The topological polar surface area (TPSA) is 47.9 Å². The molecule has 0 aliphatic rings. The number of benzene rings is 4. The van der Waals surface area contributed by atoms with E-state index in [0.29, 0.717) is 18.8 Å². The van der Waals surface area contributed by atoms with Gasteiger partial charge in [-0.05, 0) is 65.8 Å². The van der Waals surface area contributed by atoms with Gasteiger partial charge < -0.3 is 19.3 Å². The van der Waals surface area contributed by atoms with Crippen LogP contribution in [0.3, 0.4) is 0 Å². The molecule has 0 bridgehead atoms. The Bertz CT molecular complexity index is 1310. The summed E-state index contributed by atoms with van der Waals surface area (Å²) in [6.45, 7) is 7.24. The van der Waals surface area contributed by atoms with E-state index in [2.05, 4.69) is 39.0 Å². The van der Waals surface area contributed by atoms with Crippen molar-refractivity contribution in [2.45, 2.75) is 59.9 Å². The van der Waals surface area contributed by atoms with E-state index < -0.39 is 0 Å². The van der Waals surface area contributed by atoms with Gasteiger partial charge in [0, 0.05) is 11.1 Å². The zero-order valence-electron chi connectivity index (χ0n) is 22.0. The Balaban J connectivity index is 1.65. The van der Waals surface area contributed by atoms with Crippen molar-refractivity contribution >= 4 is 0 Å². The molecule has 0 aromatic heterocycles. The Kier molecular flexibility index (Phi) is 9.09. The molecule has 0 radical (unpaired) electrons. The van der Waals surface area contributed by atoms with Gasteiger partial charge in [-0.25, -0.2) is 0 Å². The Morgan fingerprint density at radius 3 is 1.32 bits per heavy atom. The molecule has 4 heteroatoms. The summed E-state index contributed by atoms with van der Waals surface area (Å²) in [5, 5.41) is 10.9. The molecule has 0 aliphatic carbocycles. The minimum absolute atomic E-state index is 0.189. The molecule has 0 heterocycles. The van der Waals surface area contributed by atoms with Gasteiger partial charge in [-0.2, -0.15) is 0 Å². The standard InChI is InChI=1S/C33H36O4/c1-4-24-13-7-10-16-31(24)35-21-27-19-20-30(34)29(23-37-33-18-12-9-15-26(33)6-3)28(27)22-36-32-17-11-8-14-25(32)5-2/h7-20,34H,4-6,21-23H2,1-3H3. The van der Waals surface area contributed by atoms with E-state index in [9.17, 15) is 5.11 Å². The summed E-state index contributed by atoms with van der Waals surface area (Å²) in [6.07, 6.45) is 2.64. The van der Waals surface area contributed by atoms with Crippen molar-refractivity contribution in [3.63, 3.8) is 0 Å². The van der Waals surface area contributed by atoms with Crippen molar-refractivity contribution in [1.29, 1.82) is 0 Å². The first kappa shape index (κ1) is 26.2. The van der Waals surface area contributed by atoms with Gasteiger partial charge >= 0.3 is 0 Å². The molecule has 1 N–H and O–H groups in total. The average molecular weight is 497 g/mol. The Morgan fingerprint density at radius 2 is 0.865 bits per heavy atom. The summed E-state index contributed by atoms with van der Waals surface area (Å²) < 4.78 is 18.8. The molecule has 0 unspecified atom stereocenters. The van der Waals surface area contributed by atoms with E-state index in [1.165, 1.54) is 0 Å². The highest BCUT2D eigenvalue weighted by molar-refractivity contribution is 5.46. The largest absolute Gasteiger partial charge is 0.508 e. The van der Waals surface area contributed by atoms with Crippen molar-refractivity contribution in [2.24, 2.45) is 0 Å². The lowest BCUT2D eigenvalue weighted by Gasteiger charge is -2.20. The van der Waals surface area contributed by atoms with Crippen LogP contribution in [0.2, 0.25) is 0 Å². The summed E-state index contributed by atoms with van der Waals surface area (Å²) in [4.78, 5) is 0. The number of hydrogen-bond donors (Lipinski definition) is 1. The summed E-state index contributed by atoms with van der Waals surface area (Å²) in [7, 11) is 0. The predicted molar refractivity (Wildman–Crippen MR) is 149 cm³/mol. The summed E-state index contributed by atoms with van der Waals surface area (Å²) in [5.74, 6) is 2.73. The number of para-hydroxylation sites is 3. The molecule has 0 spiro atoms. The van der Waals surface area contributed by atoms with Crippen LogP contribution in [0.1, 0.15) is 54.2 Å². The molecule has 0 amide bonds. The van der Waals surface area contributed by atoms with Gasteiger partial charge in [0.25, 0.3) is 0 Å². The van der Waals surface area contributed by atoms with Crippen LogP contribution in [-0.4, -0.2) is 5.11 Å². The van der Waals surface area contributed by atoms with E-state index in [4.69, 9.17) is 14.2 Å². The van der Waals surface area contributed by atoms with Crippen LogP contribution in [0.4, 0.5) is 0 Å². The smallest absolute Gasteiger partial charge is 0.122 e. The fourth-order valence-electron chi connectivity index (χ4n) is 4.47. The Morgan fingerprint density at radius 1 is 0.459 bits per heavy atom. The minimum Gasteiger partial charge on any atom is -0.508 e. The number of hydrogen-bond acceptors (Lipinski definition) is 4. The summed E-state index contributed by atoms with van der Waals surface area (Å²) in [6, 6.07) is 27.8. The molecular weight excluding hydrogens is 460 g/mol. The number of rotatable bonds is 12. The fourth-order valence-corrected chi connectivity index (χ4v) is 4.47. The van der Waals surface area contributed by atoms with Gasteiger partial charge in [-0.1, -0.05) is 81.4 Å². The van der Waals surface area contributed by atoms with Crippen molar-refractivity contribution < 1.29 is 19.3 Å². The lowest BCUT2D eigenvalue weighted by molar-refractivity contribution is 0.267. The van der Waals surface area contributed by atoms with E-state index in [-0.39, 0.29) is 12.4 Å². The molecule has 0 atom stereocenters. The van der Waals surface area contributed by atoms with Crippen LogP contribution in [-0.2, 0) is 39.1 Å². The monoisotopic (exact) mass is 496 g/mol. The molecular formula is C33H36O4. The summed E-state index contributed by atoms with van der Waals surface area (Å²) in [5.41, 5.74) is 5.99. The zero-order chi connectivity index (χ0) is 26.0. The molecule has 4 aromatic rings. The van der Waals surface area contributed by atoms with Crippen LogP contribution < -0.4 is 14.2 Å². The first-order chi connectivity index (χ1) is 18.1. The lowest BCUT2D eigenvalue weighted by atomic mass is 10.0. The number of ether oxygens (including phenoxy) is 3. The van der Waals surface area contributed by atoms with E-state index >= 15 is 0 Å². The third-order valence-electron chi connectivity index (χ3n) is 6.69. The van der Waals surface area contributed by atoms with Gasteiger partial charge in [0.1, 0.15) is 42.8 Å². The zero-order valence-corrected chi connectivity index (χ0v) is 22.0. The molecule has 4 nitrogen and oxygen atoms in total. The first-order valence-electron chi connectivity index (χ1n) is 13.1. The molecule has 37 heavy (non-hydrogen) atoms. The highest BCUT2D eigenvalue weighted by atomic mass is 16.5.